The number of amides is 2. The molecular formula is C28H36FN7O4S. The van der Waals surface area contributed by atoms with Gasteiger partial charge in [0.05, 0.1) is 11.9 Å². The van der Waals surface area contributed by atoms with Gasteiger partial charge in [-0.15, -0.1) is 0 Å². The Balaban J connectivity index is 1.45. The lowest BCUT2D eigenvalue weighted by atomic mass is 9.89. The minimum Gasteiger partial charge on any atom is -0.355 e. The Bertz CT molecular complexity index is 1460. The van der Waals surface area contributed by atoms with E-state index in [4.69, 9.17) is 0 Å². The second kappa shape index (κ2) is 12.4. The van der Waals surface area contributed by atoms with E-state index in [0.29, 0.717) is 6.42 Å². The van der Waals surface area contributed by atoms with Gasteiger partial charge in [0.25, 0.3) is 15.9 Å². The van der Waals surface area contributed by atoms with Crippen molar-refractivity contribution in [1.29, 1.82) is 0 Å². The van der Waals surface area contributed by atoms with E-state index in [2.05, 4.69) is 30.3 Å². The van der Waals surface area contributed by atoms with E-state index in [1.165, 1.54) is 42.6 Å². The molecule has 3 aromatic rings. The molecule has 0 aliphatic carbocycles. The lowest BCUT2D eigenvalue weighted by Crippen LogP contribution is -2.46. The number of nitrogens with one attached hydrogen (secondary N) is 3. The molecule has 2 aromatic heterocycles. The van der Waals surface area contributed by atoms with Gasteiger partial charge >= 0.3 is 0 Å². The molecular weight excluding hydrogens is 549 g/mol. The van der Waals surface area contributed by atoms with Crippen LogP contribution in [0.15, 0.2) is 59.9 Å². The van der Waals surface area contributed by atoms with Gasteiger partial charge < -0.3 is 15.5 Å². The number of sulfonamides is 1. The first kappa shape index (κ1) is 30.1. The van der Waals surface area contributed by atoms with Crippen LogP contribution >= 0.6 is 0 Å². The van der Waals surface area contributed by atoms with Gasteiger partial charge in [0.2, 0.25) is 5.91 Å². The second-order valence-corrected chi connectivity index (χ2v) is 12.9. The average Bonchev–Trinajstić information content (AvgIpc) is 3.34. The molecule has 13 heteroatoms. The molecule has 0 radical (unpaired) electrons. The van der Waals surface area contributed by atoms with Gasteiger partial charge in [-0.1, -0.05) is 0 Å². The molecule has 1 aliphatic heterocycles. The van der Waals surface area contributed by atoms with Crippen molar-refractivity contribution < 1.29 is 22.4 Å². The van der Waals surface area contributed by atoms with Crippen LogP contribution in [0.1, 0.15) is 50.4 Å². The molecule has 1 saturated heterocycles. The van der Waals surface area contributed by atoms with Crippen LogP contribution in [0.4, 0.5) is 15.9 Å². The van der Waals surface area contributed by atoms with Crippen LogP contribution in [0, 0.1) is 11.7 Å². The van der Waals surface area contributed by atoms with Crippen molar-refractivity contribution in [2.45, 2.75) is 56.6 Å². The Labute approximate surface area is 239 Å². The number of carbonyl (C=O) groups excluding carboxylic acids is 2. The number of anilines is 2. The maximum Gasteiger partial charge on any atom is 0.258 e. The highest BCUT2D eigenvalue weighted by Gasteiger charge is 2.29. The summed E-state index contributed by atoms with van der Waals surface area (Å²) in [6.07, 6.45) is 5.16. The number of hydrogen-bond acceptors (Lipinski definition) is 7. The maximum atomic E-state index is 13.4. The molecule has 1 fully saturated rings. The van der Waals surface area contributed by atoms with Gasteiger partial charge in [-0.2, -0.15) is 5.10 Å². The molecule has 41 heavy (non-hydrogen) atoms. The van der Waals surface area contributed by atoms with Gasteiger partial charge in [-0.25, -0.2) is 22.5 Å². The zero-order valence-corrected chi connectivity index (χ0v) is 24.4. The van der Waals surface area contributed by atoms with E-state index in [-0.39, 0.29) is 22.2 Å². The highest BCUT2D eigenvalue weighted by Crippen LogP contribution is 2.26. The molecule has 0 unspecified atom stereocenters. The molecule has 2 amide bonds. The van der Waals surface area contributed by atoms with E-state index < -0.39 is 39.2 Å². The lowest BCUT2D eigenvalue weighted by molar-refractivity contribution is -0.118. The zero-order valence-electron chi connectivity index (χ0n) is 23.6. The number of pyridine rings is 1. The van der Waals surface area contributed by atoms with Crippen molar-refractivity contribution in [3.8, 4) is 0 Å². The number of carbonyl (C=O) groups is 2. The van der Waals surface area contributed by atoms with Crippen molar-refractivity contribution in [3.05, 3.63) is 66.2 Å². The van der Waals surface area contributed by atoms with E-state index in [9.17, 15) is 22.4 Å². The van der Waals surface area contributed by atoms with E-state index >= 15 is 0 Å². The first-order valence-electron chi connectivity index (χ1n) is 13.4. The Kier molecular flexibility index (Phi) is 9.08. The minimum absolute atomic E-state index is 0.161. The normalized spacial score (nSPS) is 15.4. The predicted octanol–water partition coefficient (Wildman–Crippen LogP) is 3.07. The minimum atomic E-state index is -3.84. The molecule has 4 rings (SSSR count). The smallest absolute Gasteiger partial charge is 0.258 e. The standard InChI is InChI=1S/C28H36FN7O4S/c1-28(2,3)34-41(39,40)25-10-9-22(18-30-25)31-27(38)23(32-26(37)20-5-7-21(29)8-6-20)17-19-11-15-36(16-12-19)24-13-14-35(4)33-24/h5-10,13-14,18-19,23,34H,11-12,15-17H2,1-4H3,(H,31,38)(H,32,37)/t23-/m0/s1. The molecule has 1 atom stereocenters. The molecule has 3 heterocycles. The van der Waals surface area contributed by atoms with Crippen molar-refractivity contribution in [2.24, 2.45) is 13.0 Å². The second-order valence-electron chi connectivity index (χ2n) is 11.3. The molecule has 0 bridgehead atoms. The van der Waals surface area contributed by atoms with Gasteiger partial charge in [0.15, 0.2) is 10.8 Å². The first-order chi connectivity index (χ1) is 19.3. The third kappa shape index (κ3) is 8.33. The number of aromatic nitrogens is 3. The third-order valence-corrected chi connectivity index (χ3v) is 8.33. The summed E-state index contributed by atoms with van der Waals surface area (Å²) in [6.45, 7) is 6.71. The summed E-state index contributed by atoms with van der Waals surface area (Å²) in [7, 11) is -1.97. The van der Waals surface area contributed by atoms with E-state index in [0.717, 1.165) is 31.7 Å². The van der Waals surface area contributed by atoms with Gasteiger partial charge in [-0.3, -0.25) is 14.3 Å². The lowest BCUT2D eigenvalue weighted by Gasteiger charge is -2.33. The van der Waals surface area contributed by atoms with Crippen LogP contribution in [0.5, 0.6) is 0 Å². The van der Waals surface area contributed by atoms with Gasteiger partial charge in [0, 0.05) is 43.5 Å². The summed E-state index contributed by atoms with van der Waals surface area (Å²) in [5.41, 5.74) is -0.163. The van der Waals surface area contributed by atoms with Crippen LogP contribution in [-0.4, -0.2) is 59.7 Å². The Morgan fingerprint density at radius 2 is 1.76 bits per heavy atom. The summed E-state index contributed by atoms with van der Waals surface area (Å²) in [5, 5.41) is 9.83. The highest BCUT2D eigenvalue weighted by atomic mass is 32.2. The molecule has 1 aliphatic rings. The summed E-state index contributed by atoms with van der Waals surface area (Å²) in [6, 6.07) is 8.93. The number of rotatable bonds is 9. The number of benzene rings is 1. The highest BCUT2D eigenvalue weighted by molar-refractivity contribution is 7.89. The van der Waals surface area contributed by atoms with Crippen molar-refractivity contribution >= 4 is 33.3 Å². The van der Waals surface area contributed by atoms with Crippen LogP contribution in [0.3, 0.4) is 0 Å². The molecule has 0 saturated carbocycles. The van der Waals surface area contributed by atoms with Crippen LogP contribution in [-0.2, 0) is 21.9 Å². The van der Waals surface area contributed by atoms with Crippen molar-refractivity contribution in [2.75, 3.05) is 23.3 Å². The molecule has 3 N–H and O–H groups in total. The molecule has 220 valence electrons. The quantitative estimate of drug-likeness (QED) is 0.351. The summed E-state index contributed by atoms with van der Waals surface area (Å²) in [5.74, 6) is -0.359. The van der Waals surface area contributed by atoms with Gasteiger partial charge in [-0.05, 0) is 82.3 Å². The van der Waals surface area contributed by atoms with Crippen LogP contribution in [0.25, 0.3) is 0 Å². The molecule has 0 spiro atoms. The predicted molar refractivity (Wildman–Crippen MR) is 153 cm³/mol. The van der Waals surface area contributed by atoms with E-state index in [1.54, 1.807) is 25.5 Å². The number of hydrogen-bond donors (Lipinski definition) is 3. The summed E-state index contributed by atoms with van der Waals surface area (Å²) < 4.78 is 42.8. The molecule has 1 aromatic carbocycles. The Hall–Kier alpha value is -3.84. The van der Waals surface area contributed by atoms with Crippen LogP contribution < -0.4 is 20.3 Å². The number of aryl methyl sites for hydroxylation is 1. The zero-order chi connectivity index (χ0) is 29.8. The van der Waals surface area contributed by atoms with Crippen molar-refractivity contribution in [3.63, 3.8) is 0 Å². The van der Waals surface area contributed by atoms with E-state index in [1.807, 2.05) is 19.3 Å². The van der Waals surface area contributed by atoms with Gasteiger partial charge in [0.1, 0.15) is 11.9 Å². The largest absolute Gasteiger partial charge is 0.355 e. The fraction of sp³-hybridized carbons (Fsp3) is 0.429. The molecule has 11 nitrogen and oxygen atoms in total. The number of nitrogens with zero attached hydrogens (tertiary/aromatic N) is 4. The Morgan fingerprint density at radius 1 is 1.07 bits per heavy atom. The topological polar surface area (TPSA) is 138 Å². The fourth-order valence-corrected chi connectivity index (χ4v) is 6.02. The third-order valence-electron chi connectivity index (χ3n) is 6.66. The first-order valence-corrected chi connectivity index (χ1v) is 14.9. The fourth-order valence-electron chi connectivity index (χ4n) is 4.67. The SMILES string of the molecule is Cn1ccc(N2CCC(C[C@H](NC(=O)c3ccc(F)cc3)C(=O)Nc3ccc(S(=O)(=O)NC(C)(C)C)nc3)CC2)n1. The monoisotopic (exact) mass is 585 g/mol. The summed E-state index contributed by atoms with van der Waals surface area (Å²) >= 11 is 0. The maximum absolute atomic E-state index is 13.4. The summed E-state index contributed by atoms with van der Waals surface area (Å²) in [4.78, 5) is 32.6. The van der Waals surface area contributed by atoms with Crippen molar-refractivity contribution in [1.82, 2.24) is 24.8 Å². The van der Waals surface area contributed by atoms with Crippen LogP contribution in [0.2, 0.25) is 0 Å². The average molecular weight is 586 g/mol. The Morgan fingerprint density at radius 3 is 2.32 bits per heavy atom. The number of halogens is 1. The number of piperidine rings is 1.